The minimum atomic E-state index is 0.795. The summed E-state index contributed by atoms with van der Waals surface area (Å²) >= 11 is 3.60. The molecule has 0 saturated heterocycles. The maximum absolute atomic E-state index is 4.17. The predicted octanol–water partition coefficient (Wildman–Crippen LogP) is 4.92. The van der Waals surface area contributed by atoms with Crippen molar-refractivity contribution in [2.75, 3.05) is 5.32 Å². The summed E-state index contributed by atoms with van der Waals surface area (Å²) in [5.74, 6) is 0. The number of anilines is 1. The quantitative estimate of drug-likeness (QED) is 0.739. The third-order valence-electron chi connectivity index (χ3n) is 3.36. The summed E-state index contributed by atoms with van der Waals surface area (Å²) in [7, 11) is 0. The van der Waals surface area contributed by atoms with Gasteiger partial charge in [0.1, 0.15) is 0 Å². The molecule has 2 aromatic carbocycles. The number of hydrogen-bond acceptors (Lipinski definition) is 2. The molecule has 3 rings (SSSR count). The average Bonchev–Trinajstić information content (AvgIpc) is 2.46. The van der Waals surface area contributed by atoms with Gasteiger partial charge in [-0.05, 0) is 57.6 Å². The Labute approximate surface area is 127 Å². The summed E-state index contributed by atoms with van der Waals surface area (Å²) in [6.45, 7) is 2.88. The van der Waals surface area contributed by atoms with Crippen LogP contribution in [0.1, 0.15) is 11.1 Å². The second kappa shape index (κ2) is 5.63. The van der Waals surface area contributed by atoms with E-state index in [1.165, 1.54) is 21.9 Å². The Morgan fingerprint density at radius 1 is 1.15 bits per heavy atom. The lowest BCUT2D eigenvalue weighted by atomic mass is 10.1. The van der Waals surface area contributed by atoms with E-state index in [1.54, 1.807) is 0 Å². The molecular formula is C17H15BrN2. The molecule has 3 heteroatoms. The molecule has 0 atom stereocenters. The molecule has 0 amide bonds. The molecule has 0 aliphatic heterocycles. The smallest absolute Gasteiger partial charge is 0.0487 e. The summed E-state index contributed by atoms with van der Waals surface area (Å²) in [6.07, 6.45) is 3.74. The van der Waals surface area contributed by atoms with E-state index in [4.69, 9.17) is 0 Å². The molecule has 3 aromatic rings. The number of aryl methyl sites for hydroxylation is 1. The molecule has 1 aromatic heterocycles. The zero-order valence-corrected chi connectivity index (χ0v) is 12.8. The highest BCUT2D eigenvalue weighted by Gasteiger charge is 2.03. The molecule has 100 valence electrons. The van der Waals surface area contributed by atoms with Crippen LogP contribution in [0, 0.1) is 6.92 Å². The van der Waals surface area contributed by atoms with Gasteiger partial charge in [0.2, 0.25) is 0 Å². The molecule has 2 nitrogen and oxygen atoms in total. The van der Waals surface area contributed by atoms with E-state index in [9.17, 15) is 0 Å². The normalized spacial score (nSPS) is 10.7. The zero-order valence-electron chi connectivity index (χ0n) is 11.2. The van der Waals surface area contributed by atoms with Crippen LogP contribution in [0.4, 0.5) is 5.69 Å². The molecule has 1 heterocycles. The van der Waals surface area contributed by atoms with E-state index < -0.39 is 0 Å². The Morgan fingerprint density at radius 2 is 2.05 bits per heavy atom. The summed E-state index contributed by atoms with van der Waals surface area (Å²) < 4.78 is 1.10. The Kier molecular flexibility index (Phi) is 3.70. The number of nitrogens with one attached hydrogen (secondary N) is 1. The van der Waals surface area contributed by atoms with E-state index in [-0.39, 0.29) is 0 Å². The first-order valence-electron chi connectivity index (χ1n) is 6.56. The van der Waals surface area contributed by atoms with Gasteiger partial charge in [0.25, 0.3) is 0 Å². The maximum Gasteiger partial charge on any atom is 0.0487 e. The molecular weight excluding hydrogens is 312 g/mol. The van der Waals surface area contributed by atoms with Crippen molar-refractivity contribution in [2.24, 2.45) is 0 Å². The fourth-order valence-corrected chi connectivity index (χ4v) is 2.93. The highest BCUT2D eigenvalue weighted by Crippen LogP contribution is 2.25. The number of benzene rings is 2. The van der Waals surface area contributed by atoms with E-state index in [1.807, 2.05) is 12.4 Å². The standard InChI is InChI=1S/C17H15BrN2/c1-12-5-6-17(16(18)9-12)20-11-14-4-2-3-13-10-19-8-7-15(13)14/h2-10,20H,11H2,1H3. The van der Waals surface area contributed by atoms with Gasteiger partial charge < -0.3 is 5.32 Å². The number of hydrogen-bond donors (Lipinski definition) is 1. The number of nitrogens with zero attached hydrogens (tertiary/aromatic N) is 1. The van der Waals surface area contributed by atoms with Crippen LogP contribution in [-0.2, 0) is 6.54 Å². The van der Waals surface area contributed by atoms with Crippen molar-refractivity contribution in [1.82, 2.24) is 4.98 Å². The lowest BCUT2D eigenvalue weighted by molar-refractivity contribution is 1.16. The van der Waals surface area contributed by atoms with Gasteiger partial charge in [-0.1, -0.05) is 24.3 Å². The first-order chi connectivity index (χ1) is 9.74. The van der Waals surface area contributed by atoms with Crippen LogP contribution in [0.25, 0.3) is 10.8 Å². The van der Waals surface area contributed by atoms with Crippen molar-refractivity contribution in [2.45, 2.75) is 13.5 Å². The third-order valence-corrected chi connectivity index (χ3v) is 4.02. The van der Waals surface area contributed by atoms with Gasteiger partial charge >= 0.3 is 0 Å². The summed E-state index contributed by atoms with van der Waals surface area (Å²) in [4.78, 5) is 4.17. The van der Waals surface area contributed by atoms with Crippen LogP contribution in [0.3, 0.4) is 0 Å². The van der Waals surface area contributed by atoms with E-state index >= 15 is 0 Å². The largest absolute Gasteiger partial charge is 0.380 e. The molecule has 0 radical (unpaired) electrons. The van der Waals surface area contributed by atoms with Crippen molar-refractivity contribution in [3.63, 3.8) is 0 Å². The highest BCUT2D eigenvalue weighted by atomic mass is 79.9. The Morgan fingerprint density at radius 3 is 2.90 bits per heavy atom. The first-order valence-corrected chi connectivity index (χ1v) is 7.35. The van der Waals surface area contributed by atoms with Crippen molar-refractivity contribution >= 4 is 32.4 Å². The molecule has 0 fully saturated rings. The third kappa shape index (κ3) is 2.68. The number of pyridine rings is 1. The number of aromatic nitrogens is 1. The van der Waals surface area contributed by atoms with Gasteiger partial charge in [-0.15, -0.1) is 0 Å². The van der Waals surface area contributed by atoms with Crippen molar-refractivity contribution in [1.29, 1.82) is 0 Å². The van der Waals surface area contributed by atoms with E-state index in [2.05, 4.69) is 75.6 Å². The second-order valence-electron chi connectivity index (χ2n) is 4.85. The van der Waals surface area contributed by atoms with Crippen molar-refractivity contribution < 1.29 is 0 Å². The monoisotopic (exact) mass is 326 g/mol. The van der Waals surface area contributed by atoms with Gasteiger partial charge in [-0.2, -0.15) is 0 Å². The minimum absolute atomic E-state index is 0.795. The lowest BCUT2D eigenvalue weighted by Crippen LogP contribution is -2.01. The molecule has 20 heavy (non-hydrogen) atoms. The summed E-state index contributed by atoms with van der Waals surface area (Å²) in [6, 6.07) is 14.7. The Hall–Kier alpha value is -1.87. The average molecular weight is 327 g/mol. The molecule has 0 spiro atoms. The highest BCUT2D eigenvalue weighted by molar-refractivity contribution is 9.10. The number of rotatable bonds is 3. The van der Waals surface area contributed by atoms with Crippen LogP contribution in [-0.4, -0.2) is 4.98 Å². The molecule has 0 unspecified atom stereocenters. The van der Waals surface area contributed by atoms with Gasteiger partial charge in [0.05, 0.1) is 0 Å². The fourth-order valence-electron chi connectivity index (χ4n) is 2.30. The molecule has 1 N–H and O–H groups in total. The topological polar surface area (TPSA) is 24.9 Å². The van der Waals surface area contributed by atoms with Gasteiger partial charge in [-0.3, -0.25) is 4.98 Å². The second-order valence-corrected chi connectivity index (χ2v) is 5.71. The molecule has 0 aliphatic rings. The minimum Gasteiger partial charge on any atom is -0.380 e. The van der Waals surface area contributed by atoms with Crippen molar-refractivity contribution in [3.05, 3.63) is 70.5 Å². The number of fused-ring (bicyclic) bond motifs is 1. The van der Waals surface area contributed by atoms with Gasteiger partial charge in [0, 0.05) is 34.5 Å². The SMILES string of the molecule is Cc1ccc(NCc2cccc3cnccc23)c(Br)c1. The van der Waals surface area contributed by atoms with Crippen molar-refractivity contribution in [3.8, 4) is 0 Å². The Balaban J connectivity index is 1.87. The lowest BCUT2D eigenvalue weighted by Gasteiger charge is -2.11. The summed E-state index contributed by atoms with van der Waals surface area (Å²) in [5.41, 5.74) is 3.64. The van der Waals surface area contributed by atoms with Gasteiger partial charge in [0.15, 0.2) is 0 Å². The maximum atomic E-state index is 4.17. The number of halogens is 1. The predicted molar refractivity (Wildman–Crippen MR) is 87.9 cm³/mol. The van der Waals surface area contributed by atoms with Crippen LogP contribution in [0.2, 0.25) is 0 Å². The first kappa shape index (κ1) is 13.1. The van der Waals surface area contributed by atoms with Crippen LogP contribution < -0.4 is 5.32 Å². The molecule has 0 bridgehead atoms. The van der Waals surface area contributed by atoms with Crippen LogP contribution in [0.15, 0.2) is 59.3 Å². The molecule has 0 saturated carbocycles. The summed E-state index contributed by atoms with van der Waals surface area (Å²) in [5, 5.41) is 5.91. The van der Waals surface area contributed by atoms with E-state index in [0.29, 0.717) is 0 Å². The zero-order chi connectivity index (χ0) is 13.9. The molecule has 0 aliphatic carbocycles. The van der Waals surface area contributed by atoms with Crippen LogP contribution in [0.5, 0.6) is 0 Å². The van der Waals surface area contributed by atoms with Gasteiger partial charge in [-0.25, -0.2) is 0 Å². The fraction of sp³-hybridized carbons (Fsp3) is 0.118. The van der Waals surface area contributed by atoms with E-state index in [0.717, 1.165) is 16.7 Å². The van der Waals surface area contributed by atoms with Crippen LogP contribution >= 0.6 is 15.9 Å². The Bertz CT molecular complexity index is 748.